The van der Waals surface area contributed by atoms with Gasteiger partial charge in [-0.05, 0) is 12.1 Å². The molecule has 6 heteroatoms. The molecule has 6 nitrogen and oxygen atoms in total. The van der Waals surface area contributed by atoms with Gasteiger partial charge in [0, 0.05) is 5.39 Å². The molecule has 2 rings (SSSR count). The molecule has 86 valence electrons. The molecule has 0 unspecified atom stereocenters. The summed E-state index contributed by atoms with van der Waals surface area (Å²) in [6, 6.07) is 8.41. The van der Waals surface area contributed by atoms with Crippen LogP contribution in [0.4, 0.5) is 0 Å². The second kappa shape index (κ2) is 4.48. The average Bonchev–Trinajstić information content (AvgIpc) is 2.35. The van der Waals surface area contributed by atoms with Crippen molar-refractivity contribution in [1.29, 1.82) is 0 Å². The fourth-order valence-electron chi connectivity index (χ4n) is 1.44. The van der Waals surface area contributed by atoms with Gasteiger partial charge in [-0.2, -0.15) is 0 Å². The third-order valence-corrected chi connectivity index (χ3v) is 2.21. The largest absolute Gasteiger partial charge is 0.422 e. The van der Waals surface area contributed by atoms with Crippen LogP contribution in [-0.4, -0.2) is 22.3 Å². The summed E-state index contributed by atoms with van der Waals surface area (Å²) < 4.78 is 5.03. The van der Waals surface area contributed by atoms with E-state index in [1.54, 1.807) is 24.3 Å². The first-order chi connectivity index (χ1) is 8.26. The number of para-hydroxylation sites is 1. The maximum Gasteiger partial charge on any atom is 0.345 e. The van der Waals surface area contributed by atoms with Crippen LogP contribution in [0, 0.1) is 0 Å². The number of rotatable bonds is 2. The molecule has 0 radical (unpaired) electrons. The lowest BCUT2D eigenvalue weighted by molar-refractivity contribution is 0.316. The number of hydrogen-bond acceptors (Lipinski definition) is 6. The van der Waals surface area contributed by atoms with Gasteiger partial charge < -0.3 is 14.8 Å². The Morgan fingerprint density at radius 1 is 1.29 bits per heavy atom. The van der Waals surface area contributed by atoms with Gasteiger partial charge in [-0.25, -0.2) is 4.79 Å². The van der Waals surface area contributed by atoms with E-state index in [0.717, 1.165) is 6.21 Å². The van der Waals surface area contributed by atoms with Crippen molar-refractivity contribution in [2.75, 3.05) is 0 Å². The van der Waals surface area contributed by atoms with Crippen LogP contribution >= 0.6 is 0 Å². The second-order valence-electron chi connectivity index (χ2n) is 3.22. The molecule has 0 bridgehead atoms. The summed E-state index contributed by atoms with van der Waals surface area (Å²) in [5.74, 6) is 0. The zero-order valence-electron chi connectivity index (χ0n) is 8.57. The fraction of sp³-hybridized carbons (Fsp3) is 0. The van der Waals surface area contributed by atoms with E-state index in [2.05, 4.69) is 10.3 Å². The van der Waals surface area contributed by atoms with Gasteiger partial charge in [-0.15, -0.1) is 0 Å². The van der Waals surface area contributed by atoms with Crippen LogP contribution in [0.1, 0.15) is 5.56 Å². The highest BCUT2D eigenvalue weighted by Crippen LogP contribution is 2.12. The van der Waals surface area contributed by atoms with Gasteiger partial charge in [-0.1, -0.05) is 28.5 Å². The van der Waals surface area contributed by atoms with Crippen molar-refractivity contribution in [3.05, 3.63) is 46.3 Å². The molecule has 0 amide bonds. The van der Waals surface area contributed by atoms with Gasteiger partial charge >= 0.3 is 5.63 Å². The molecule has 1 heterocycles. The lowest BCUT2D eigenvalue weighted by Gasteiger charge is -1.99. The van der Waals surface area contributed by atoms with E-state index in [1.807, 2.05) is 0 Å². The molecule has 17 heavy (non-hydrogen) atoms. The Bertz CT molecular complexity index is 658. The Labute approximate surface area is 95.1 Å². The molecule has 0 aliphatic heterocycles. The van der Waals surface area contributed by atoms with Crippen LogP contribution in [-0.2, 0) is 0 Å². The predicted octanol–water partition coefficient (Wildman–Crippen LogP) is 1.43. The monoisotopic (exact) mass is 232 g/mol. The van der Waals surface area contributed by atoms with Crippen LogP contribution in [0.3, 0.4) is 0 Å². The summed E-state index contributed by atoms with van der Waals surface area (Å²) in [5, 5.41) is 23.3. The number of benzene rings is 1. The van der Waals surface area contributed by atoms with E-state index in [-0.39, 0.29) is 11.3 Å². The quantitative estimate of drug-likeness (QED) is 0.354. The third-order valence-electron chi connectivity index (χ3n) is 2.21. The van der Waals surface area contributed by atoms with E-state index >= 15 is 0 Å². The Morgan fingerprint density at radius 3 is 2.76 bits per heavy atom. The summed E-state index contributed by atoms with van der Waals surface area (Å²) in [7, 11) is 0. The van der Waals surface area contributed by atoms with Crippen LogP contribution in [0.25, 0.3) is 11.0 Å². The average molecular weight is 232 g/mol. The molecule has 0 fully saturated rings. The molecule has 2 aromatic rings. The van der Waals surface area contributed by atoms with Gasteiger partial charge in [0.1, 0.15) is 11.3 Å². The lowest BCUT2D eigenvalue weighted by Crippen LogP contribution is -2.15. The van der Waals surface area contributed by atoms with E-state index in [1.165, 1.54) is 6.07 Å². The van der Waals surface area contributed by atoms with Crippen molar-refractivity contribution in [3.63, 3.8) is 0 Å². The predicted molar refractivity (Wildman–Crippen MR) is 61.1 cm³/mol. The molecule has 0 aliphatic carbocycles. The first-order valence-corrected chi connectivity index (χ1v) is 4.69. The van der Waals surface area contributed by atoms with Gasteiger partial charge in [0.05, 0.1) is 11.8 Å². The van der Waals surface area contributed by atoms with Crippen molar-refractivity contribution in [3.8, 4) is 0 Å². The van der Waals surface area contributed by atoms with Crippen molar-refractivity contribution in [2.24, 2.45) is 10.3 Å². The summed E-state index contributed by atoms with van der Waals surface area (Å²) in [6.07, 6.45) is 0.848. The minimum Gasteiger partial charge on any atom is -0.422 e. The Kier molecular flexibility index (Phi) is 2.87. The molecule has 0 spiro atoms. The minimum atomic E-state index is -0.670. The first kappa shape index (κ1) is 10.9. The van der Waals surface area contributed by atoms with Crippen LogP contribution < -0.4 is 5.63 Å². The summed E-state index contributed by atoms with van der Waals surface area (Å²) in [5.41, 5.74) is -0.396. The molecule has 1 aromatic heterocycles. The summed E-state index contributed by atoms with van der Waals surface area (Å²) >= 11 is 0. The molecule has 2 N–H and O–H groups in total. The SMILES string of the molecule is O=c1oc2ccccc2cc1C(C=NO)=NO. The zero-order chi connectivity index (χ0) is 12.3. The molecule has 1 aromatic carbocycles. The standard InChI is InChI=1S/C11H8N2O4/c14-11-8(9(13-16)6-12-15)5-7-3-1-2-4-10(7)17-11/h1-6,15-16H. The molecular formula is C11H8N2O4. The summed E-state index contributed by atoms with van der Waals surface area (Å²) in [4.78, 5) is 11.6. The molecular weight excluding hydrogens is 224 g/mol. The van der Waals surface area contributed by atoms with E-state index in [0.29, 0.717) is 11.0 Å². The van der Waals surface area contributed by atoms with Crippen molar-refractivity contribution >= 4 is 22.9 Å². The highest BCUT2D eigenvalue weighted by molar-refractivity contribution is 6.38. The fourth-order valence-corrected chi connectivity index (χ4v) is 1.44. The minimum absolute atomic E-state index is 0.0176. The Morgan fingerprint density at radius 2 is 2.06 bits per heavy atom. The molecule has 0 aliphatic rings. The van der Waals surface area contributed by atoms with Crippen molar-refractivity contribution in [2.45, 2.75) is 0 Å². The van der Waals surface area contributed by atoms with Gasteiger partial charge in [0.15, 0.2) is 0 Å². The topological polar surface area (TPSA) is 95.4 Å². The molecule has 0 atom stereocenters. The Hall–Kier alpha value is -2.63. The van der Waals surface area contributed by atoms with Crippen LogP contribution in [0.15, 0.2) is 49.9 Å². The van der Waals surface area contributed by atoms with Crippen molar-refractivity contribution in [1.82, 2.24) is 0 Å². The number of fused-ring (bicyclic) bond motifs is 1. The van der Waals surface area contributed by atoms with E-state index in [9.17, 15) is 4.79 Å². The van der Waals surface area contributed by atoms with Gasteiger partial charge in [-0.3, -0.25) is 0 Å². The lowest BCUT2D eigenvalue weighted by atomic mass is 10.1. The number of oxime groups is 2. The van der Waals surface area contributed by atoms with Gasteiger partial charge in [0.2, 0.25) is 0 Å². The maximum absolute atomic E-state index is 11.6. The third kappa shape index (κ3) is 2.00. The number of hydrogen-bond donors (Lipinski definition) is 2. The second-order valence-corrected chi connectivity index (χ2v) is 3.22. The first-order valence-electron chi connectivity index (χ1n) is 4.69. The zero-order valence-corrected chi connectivity index (χ0v) is 8.57. The Balaban J connectivity index is 2.70. The molecule has 0 saturated heterocycles. The smallest absolute Gasteiger partial charge is 0.345 e. The van der Waals surface area contributed by atoms with E-state index < -0.39 is 5.63 Å². The van der Waals surface area contributed by atoms with Gasteiger partial charge in [0.25, 0.3) is 0 Å². The molecule has 0 saturated carbocycles. The summed E-state index contributed by atoms with van der Waals surface area (Å²) in [6.45, 7) is 0. The van der Waals surface area contributed by atoms with Crippen LogP contribution in [0.5, 0.6) is 0 Å². The highest BCUT2D eigenvalue weighted by atomic mass is 16.4. The van der Waals surface area contributed by atoms with E-state index in [4.69, 9.17) is 14.8 Å². The van der Waals surface area contributed by atoms with Crippen LogP contribution in [0.2, 0.25) is 0 Å². The normalized spacial score (nSPS) is 12.4. The highest BCUT2D eigenvalue weighted by Gasteiger charge is 2.10. The maximum atomic E-state index is 11.6. The van der Waals surface area contributed by atoms with Crippen molar-refractivity contribution < 1.29 is 14.8 Å². The number of nitrogens with zero attached hydrogens (tertiary/aromatic N) is 2.